The largest absolute Gasteiger partial charge is 0.497 e. The van der Waals surface area contributed by atoms with Gasteiger partial charge in [-0.25, -0.2) is 13.4 Å². The second kappa shape index (κ2) is 7.76. The van der Waals surface area contributed by atoms with Gasteiger partial charge in [0.15, 0.2) is 0 Å². The van der Waals surface area contributed by atoms with Crippen LogP contribution in [0.2, 0.25) is 0 Å². The van der Waals surface area contributed by atoms with Crippen LogP contribution in [0, 0.1) is 0 Å². The van der Waals surface area contributed by atoms with Crippen molar-refractivity contribution >= 4 is 10.0 Å². The monoisotopic (exact) mass is 412 g/mol. The van der Waals surface area contributed by atoms with Gasteiger partial charge in [-0.05, 0) is 42.8 Å². The molecule has 1 atom stereocenters. The normalized spacial score (nSPS) is 17.3. The molecule has 4 rings (SSSR count). The Kier molecular flexibility index (Phi) is 5.16. The van der Waals surface area contributed by atoms with Crippen molar-refractivity contribution in [2.75, 3.05) is 20.2 Å². The molecule has 3 heterocycles. The standard InChI is InChI=1S/C20H20N4O4S/c1-28-15-5-7-16(8-6-15)29(26,27)24-11-9-14(13-24)20-22-18(12-19(25)23-20)17-4-2-3-10-21-17/h2-8,10,12,14H,9,11,13H2,1H3,(H,22,23,25)/t14-/m0/s1. The number of nitrogens with zero attached hydrogens (tertiary/aromatic N) is 3. The van der Waals surface area contributed by atoms with Crippen molar-refractivity contribution in [2.24, 2.45) is 0 Å². The number of hydrogen-bond donors (Lipinski definition) is 1. The minimum Gasteiger partial charge on any atom is -0.497 e. The first-order valence-electron chi connectivity index (χ1n) is 9.14. The van der Waals surface area contributed by atoms with E-state index in [0.29, 0.717) is 35.9 Å². The quantitative estimate of drug-likeness (QED) is 0.687. The first-order chi connectivity index (χ1) is 14.0. The van der Waals surface area contributed by atoms with Crippen LogP contribution in [0.3, 0.4) is 0 Å². The second-order valence-corrected chi connectivity index (χ2v) is 8.69. The van der Waals surface area contributed by atoms with Crippen molar-refractivity contribution in [3.05, 3.63) is 70.9 Å². The molecule has 0 unspecified atom stereocenters. The van der Waals surface area contributed by atoms with Crippen LogP contribution in [0.15, 0.2) is 64.4 Å². The lowest BCUT2D eigenvalue weighted by Gasteiger charge is -2.17. The summed E-state index contributed by atoms with van der Waals surface area (Å²) in [5.74, 6) is 0.876. The molecule has 0 saturated carbocycles. The van der Waals surface area contributed by atoms with Crippen molar-refractivity contribution in [2.45, 2.75) is 17.2 Å². The summed E-state index contributed by atoms with van der Waals surface area (Å²) in [6.45, 7) is 0.611. The fraction of sp³-hybridized carbons (Fsp3) is 0.250. The number of ether oxygens (including phenoxy) is 1. The third kappa shape index (κ3) is 3.92. The predicted molar refractivity (Wildman–Crippen MR) is 107 cm³/mol. The summed E-state index contributed by atoms with van der Waals surface area (Å²) in [5.41, 5.74) is 0.786. The molecule has 2 aromatic heterocycles. The Labute approximate surface area is 168 Å². The van der Waals surface area contributed by atoms with Gasteiger partial charge >= 0.3 is 0 Å². The van der Waals surface area contributed by atoms with Crippen molar-refractivity contribution in [1.82, 2.24) is 19.3 Å². The molecule has 0 aliphatic carbocycles. The Balaban J connectivity index is 1.58. The average Bonchev–Trinajstić information content (AvgIpc) is 3.25. The maximum Gasteiger partial charge on any atom is 0.251 e. The Bertz CT molecular complexity index is 1160. The lowest BCUT2D eigenvalue weighted by atomic mass is 10.1. The molecular weight excluding hydrogens is 392 g/mol. The number of rotatable bonds is 5. The molecule has 0 radical (unpaired) electrons. The molecule has 1 saturated heterocycles. The highest BCUT2D eigenvalue weighted by Crippen LogP contribution is 2.30. The topological polar surface area (TPSA) is 105 Å². The third-order valence-corrected chi connectivity index (χ3v) is 6.80. The number of methoxy groups -OCH3 is 1. The van der Waals surface area contributed by atoms with Crippen molar-refractivity contribution in [3.63, 3.8) is 0 Å². The van der Waals surface area contributed by atoms with E-state index in [1.807, 2.05) is 6.07 Å². The van der Waals surface area contributed by atoms with E-state index in [9.17, 15) is 13.2 Å². The number of nitrogens with one attached hydrogen (secondary N) is 1. The Morgan fingerprint density at radius 1 is 1.14 bits per heavy atom. The molecule has 3 aromatic rings. The van der Waals surface area contributed by atoms with Gasteiger partial charge in [-0.2, -0.15) is 4.31 Å². The lowest BCUT2D eigenvalue weighted by molar-refractivity contribution is 0.414. The maximum atomic E-state index is 12.9. The number of sulfonamides is 1. The number of H-pyrrole nitrogens is 1. The highest BCUT2D eigenvalue weighted by molar-refractivity contribution is 7.89. The number of pyridine rings is 1. The summed E-state index contributed by atoms with van der Waals surface area (Å²) in [7, 11) is -2.10. The smallest absolute Gasteiger partial charge is 0.251 e. The fourth-order valence-corrected chi connectivity index (χ4v) is 4.88. The first kappa shape index (κ1) is 19.3. The lowest BCUT2D eigenvalue weighted by Crippen LogP contribution is -2.29. The van der Waals surface area contributed by atoms with Gasteiger partial charge in [-0.3, -0.25) is 9.78 Å². The predicted octanol–water partition coefficient (Wildman–Crippen LogP) is 2.02. The van der Waals surface area contributed by atoms with Crippen LogP contribution < -0.4 is 10.3 Å². The van der Waals surface area contributed by atoms with Crippen molar-refractivity contribution in [1.29, 1.82) is 0 Å². The zero-order valence-electron chi connectivity index (χ0n) is 15.8. The Hall–Kier alpha value is -3.04. The van der Waals surface area contributed by atoms with Gasteiger partial charge in [0, 0.05) is 31.3 Å². The van der Waals surface area contributed by atoms with Crippen LogP contribution in [0.1, 0.15) is 18.2 Å². The van der Waals surface area contributed by atoms with Crippen molar-refractivity contribution in [3.8, 4) is 17.1 Å². The summed E-state index contributed by atoms with van der Waals surface area (Å²) in [5, 5.41) is 0. The molecule has 150 valence electrons. The Morgan fingerprint density at radius 2 is 1.93 bits per heavy atom. The molecule has 29 heavy (non-hydrogen) atoms. The summed E-state index contributed by atoms with van der Waals surface area (Å²) < 4.78 is 32.4. The zero-order valence-corrected chi connectivity index (χ0v) is 16.6. The summed E-state index contributed by atoms with van der Waals surface area (Å²) in [6.07, 6.45) is 2.21. The average molecular weight is 412 g/mol. The third-order valence-electron chi connectivity index (χ3n) is 4.92. The molecule has 1 N–H and O–H groups in total. The van der Waals surface area contributed by atoms with E-state index in [2.05, 4.69) is 15.0 Å². The van der Waals surface area contributed by atoms with Crippen LogP contribution in [0.5, 0.6) is 5.75 Å². The van der Waals surface area contributed by atoms with E-state index in [4.69, 9.17) is 4.74 Å². The molecule has 1 fully saturated rings. The molecule has 0 spiro atoms. The van der Waals surface area contributed by atoms with Gasteiger partial charge in [0.1, 0.15) is 11.6 Å². The van der Waals surface area contributed by atoms with Gasteiger partial charge in [0.2, 0.25) is 10.0 Å². The van der Waals surface area contributed by atoms with Gasteiger partial charge < -0.3 is 9.72 Å². The summed E-state index contributed by atoms with van der Waals surface area (Å²) >= 11 is 0. The van der Waals surface area contributed by atoms with Crippen LogP contribution in [0.4, 0.5) is 0 Å². The van der Waals surface area contributed by atoms with E-state index in [1.54, 1.807) is 30.5 Å². The minimum absolute atomic E-state index is 0.195. The number of benzene rings is 1. The SMILES string of the molecule is COc1ccc(S(=O)(=O)N2CC[C@H](c3nc(-c4ccccn4)cc(=O)[nH]3)C2)cc1. The van der Waals surface area contributed by atoms with Gasteiger partial charge in [-0.1, -0.05) is 6.07 Å². The number of aromatic amines is 1. The summed E-state index contributed by atoms with van der Waals surface area (Å²) in [6, 6.07) is 13.1. The minimum atomic E-state index is -3.63. The van der Waals surface area contributed by atoms with E-state index < -0.39 is 10.0 Å². The molecule has 0 bridgehead atoms. The molecule has 1 aliphatic rings. The van der Waals surface area contributed by atoms with Crippen LogP contribution in [-0.4, -0.2) is 47.9 Å². The van der Waals surface area contributed by atoms with Gasteiger partial charge in [0.25, 0.3) is 5.56 Å². The second-order valence-electron chi connectivity index (χ2n) is 6.76. The molecule has 1 aromatic carbocycles. The first-order valence-corrected chi connectivity index (χ1v) is 10.6. The fourth-order valence-electron chi connectivity index (χ4n) is 3.38. The molecule has 1 aliphatic heterocycles. The van der Waals surface area contributed by atoms with E-state index in [1.165, 1.54) is 29.6 Å². The van der Waals surface area contributed by atoms with Crippen LogP contribution >= 0.6 is 0 Å². The zero-order chi connectivity index (χ0) is 20.4. The summed E-state index contributed by atoms with van der Waals surface area (Å²) in [4.78, 5) is 23.9. The number of hydrogen-bond acceptors (Lipinski definition) is 6. The van der Waals surface area contributed by atoms with Crippen LogP contribution in [0.25, 0.3) is 11.4 Å². The van der Waals surface area contributed by atoms with Gasteiger partial charge in [-0.15, -0.1) is 0 Å². The number of aromatic nitrogens is 3. The Morgan fingerprint density at radius 3 is 2.62 bits per heavy atom. The highest BCUT2D eigenvalue weighted by Gasteiger charge is 2.34. The van der Waals surface area contributed by atoms with Gasteiger partial charge in [0.05, 0.1) is 23.4 Å². The molecule has 0 amide bonds. The van der Waals surface area contributed by atoms with Crippen molar-refractivity contribution < 1.29 is 13.2 Å². The van der Waals surface area contributed by atoms with E-state index in [0.717, 1.165) is 0 Å². The molecule has 8 nitrogen and oxygen atoms in total. The maximum absolute atomic E-state index is 12.9. The molecular formula is C20H20N4O4S. The van der Waals surface area contributed by atoms with E-state index in [-0.39, 0.29) is 22.9 Å². The highest BCUT2D eigenvalue weighted by atomic mass is 32.2. The molecule has 9 heteroatoms. The van der Waals surface area contributed by atoms with Crippen LogP contribution in [-0.2, 0) is 10.0 Å². The van der Waals surface area contributed by atoms with E-state index >= 15 is 0 Å².